The Morgan fingerprint density at radius 3 is 2.44 bits per heavy atom. The largest absolute Gasteiger partial charge is 0.328 e. The van der Waals surface area contributed by atoms with E-state index in [4.69, 9.17) is 0 Å². The van der Waals surface area contributed by atoms with E-state index in [1.165, 1.54) is 4.57 Å². The van der Waals surface area contributed by atoms with E-state index in [1.54, 1.807) is 13.0 Å². The van der Waals surface area contributed by atoms with Crippen LogP contribution in [0.3, 0.4) is 0 Å². The number of hydrogen-bond donors (Lipinski definition) is 1. The molecule has 18 heavy (non-hydrogen) atoms. The first-order valence-electron chi connectivity index (χ1n) is 6.12. The van der Waals surface area contributed by atoms with E-state index in [2.05, 4.69) is 25.8 Å². The van der Waals surface area contributed by atoms with Crippen LogP contribution in [0.4, 0.5) is 0 Å². The third-order valence-corrected chi connectivity index (χ3v) is 3.16. The minimum absolute atomic E-state index is 0.0200. The summed E-state index contributed by atoms with van der Waals surface area (Å²) >= 11 is 0. The van der Waals surface area contributed by atoms with E-state index >= 15 is 0 Å². The summed E-state index contributed by atoms with van der Waals surface area (Å²) in [6.45, 7) is 8.45. The minimum atomic E-state index is -0.349. The number of benzene rings is 1. The molecular weight excluding hydrogens is 228 g/mol. The SMILES string of the molecule is CCn1c(=O)[nH]c2ccc(C(C)(C)C)cc2c1=O. The van der Waals surface area contributed by atoms with Gasteiger partial charge in [0.2, 0.25) is 0 Å². The molecule has 1 heterocycles. The molecule has 0 bridgehead atoms. The third-order valence-electron chi connectivity index (χ3n) is 3.16. The molecule has 1 aromatic carbocycles. The highest BCUT2D eigenvalue weighted by Crippen LogP contribution is 2.23. The van der Waals surface area contributed by atoms with Gasteiger partial charge in [-0.2, -0.15) is 0 Å². The predicted molar refractivity (Wildman–Crippen MR) is 73.2 cm³/mol. The highest BCUT2D eigenvalue weighted by Gasteiger charge is 2.15. The number of fused-ring (bicyclic) bond motifs is 1. The summed E-state index contributed by atoms with van der Waals surface area (Å²) in [4.78, 5) is 26.6. The van der Waals surface area contributed by atoms with Gasteiger partial charge in [0.1, 0.15) is 0 Å². The monoisotopic (exact) mass is 246 g/mol. The van der Waals surface area contributed by atoms with Crippen LogP contribution in [0, 0.1) is 0 Å². The van der Waals surface area contributed by atoms with Crippen LogP contribution < -0.4 is 11.2 Å². The molecular formula is C14H18N2O2. The zero-order valence-electron chi connectivity index (χ0n) is 11.2. The zero-order valence-corrected chi connectivity index (χ0v) is 11.2. The van der Waals surface area contributed by atoms with Gasteiger partial charge in [0.25, 0.3) is 5.56 Å². The molecule has 0 fully saturated rings. The van der Waals surface area contributed by atoms with E-state index in [9.17, 15) is 9.59 Å². The Labute approximate surface area is 105 Å². The maximum atomic E-state index is 12.2. The summed E-state index contributed by atoms with van der Waals surface area (Å²) < 4.78 is 1.22. The quantitative estimate of drug-likeness (QED) is 0.836. The van der Waals surface area contributed by atoms with Crippen LogP contribution in [0.15, 0.2) is 27.8 Å². The first-order chi connectivity index (χ1) is 8.34. The van der Waals surface area contributed by atoms with Gasteiger partial charge in [-0.15, -0.1) is 0 Å². The summed E-state index contributed by atoms with van der Waals surface area (Å²) in [5.41, 5.74) is 1.10. The molecule has 4 heteroatoms. The lowest BCUT2D eigenvalue weighted by Crippen LogP contribution is -2.34. The van der Waals surface area contributed by atoms with Crippen molar-refractivity contribution in [2.45, 2.75) is 39.7 Å². The molecule has 0 aliphatic rings. The van der Waals surface area contributed by atoms with Crippen LogP contribution >= 0.6 is 0 Å². The molecule has 0 aliphatic heterocycles. The Morgan fingerprint density at radius 2 is 1.89 bits per heavy atom. The fourth-order valence-electron chi connectivity index (χ4n) is 2.00. The van der Waals surface area contributed by atoms with Gasteiger partial charge in [0.15, 0.2) is 0 Å². The molecule has 0 atom stereocenters. The smallest absolute Gasteiger partial charge is 0.307 e. The van der Waals surface area contributed by atoms with Crippen LogP contribution in [0.5, 0.6) is 0 Å². The van der Waals surface area contributed by atoms with Crippen molar-refractivity contribution in [3.63, 3.8) is 0 Å². The van der Waals surface area contributed by atoms with Gasteiger partial charge in [-0.1, -0.05) is 26.8 Å². The average molecular weight is 246 g/mol. The first-order valence-corrected chi connectivity index (χ1v) is 6.12. The maximum absolute atomic E-state index is 12.2. The zero-order chi connectivity index (χ0) is 13.5. The Kier molecular flexibility index (Phi) is 2.89. The van der Waals surface area contributed by atoms with Crippen LogP contribution in [0.1, 0.15) is 33.3 Å². The third kappa shape index (κ3) is 1.98. The molecule has 96 valence electrons. The Balaban J connectivity index is 2.85. The van der Waals surface area contributed by atoms with E-state index < -0.39 is 0 Å². The number of nitrogens with zero attached hydrogens (tertiary/aromatic N) is 1. The molecule has 0 aliphatic carbocycles. The number of aromatic amines is 1. The lowest BCUT2D eigenvalue weighted by Gasteiger charge is -2.19. The van der Waals surface area contributed by atoms with Crippen molar-refractivity contribution >= 4 is 10.9 Å². The molecule has 0 saturated carbocycles. The highest BCUT2D eigenvalue weighted by atomic mass is 16.2. The van der Waals surface area contributed by atoms with Crippen molar-refractivity contribution < 1.29 is 0 Å². The molecule has 0 unspecified atom stereocenters. The van der Waals surface area contributed by atoms with Crippen molar-refractivity contribution in [2.24, 2.45) is 0 Å². The normalized spacial score (nSPS) is 12.0. The molecule has 0 spiro atoms. The Hall–Kier alpha value is -1.84. The van der Waals surface area contributed by atoms with Crippen molar-refractivity contribution in [3.05, 3.63) is 44.6 Å². The van der Waals surface area contributed by atoms with E-state index in [-0.39, 0.29) is 16.7 Å². The van der Waals surface area contributed by atoms with Crippen LogP contribution in [0.25, 0.3) is 10.9 Å². The Morgan fingerprint density at radius 1 is 1.22 bits per heavy atom. The number of H-pyrrole nitrogens is 1. The molecule has 1 N–H and O–H groups in total. The summed E-state index contributed by atoms with van der Waals surface area (Å²) in [7, 11) is 0. The van der Waals surface area contributed by atoms with Gasteiger partial charge >= 0.3 is 5.69 Å². The molecule has 1 aromatic heterocycles. The topological polar surface area (TPSA) is 54.9 Å². The van der Waals surface area contributed by atoms with Gasteiger partial charge in [-0.25, -0.2) is 4.79 Å². The second-order valence-electron chi connectivity index (χ2n) is 5.49. The van der Waals surface area contributed by atoms with Gasteiger partial charge in [0, 0.05) is 6.54 Å². The lowest BCUT2D eigenvalue weighted by molar-refractivity contribution is 0.590. The number of aromatic nitrogens is 2. The fourth-order valence-corrected chi connectivity index (χ4v) is 2.00. The van der Waals surface area contributed by atoms with Gasteiger partial charge < -0.3 is 4.98 Å². The van der Waals surface area contributed by atoms with Crippen molar-refractivity contribution in [1.82, 2.24) is 9.55 Å². The average Bonchev–Trinajstić information content (AvgIpc) is 2.27. The predicted octanol–water partition coefficient (Wildman–Crippen LogP) is 2.01. The molecule has 0 saturated heterocycles. The number of hydrogen-bond acceptors (Lipinski definition) is 2. The highest BCUT2D eigenvalue weighted by molar-refractivity contribution is 5.78. The van der Waals surface area contributed by atoms with E-state index in [1.807, 2.05) is 12.1 Å². The fraction of sp³-hybridized carbons (Fsp3) is 0.429. The molecule has 4 nitrogen and oxygen atoms in total. The van der Waals surface area contributed by atoms with Crippen molar-refractivity contribution in [3.8, 4) is 0 Å². The van der Waals surface area contributed by atoms with Crippen LogP contribution in [0.2, 0.25) is 0 Å². The van der Waals surface area contributed by atoms with Crippen molar-refractivity contribution in [2.75, 3.05) is 0 Å². The second-order valence-corrected chi connectivity index (χ2v) is 5.49. The summed E-state index contributed by atoms with van der Waals surface area (Å²) in [6.07, 6.45) is 0. The minimum Gasteiger partial charge on any atom is -0.307 e. The number of nitrogens with one attached hydrogen (secondary N) is 1. The van der Waals surface area contributed by atoms with Crippen LogP contribution in [-0.4, -0.2) is 9.55 Å². The summed E-state index contributed by atoms with van der Waals surface area (Å²) in [5.74, 6) is 0. The van der Waals surface area contributed by atoms with E-state index in [0.717, 1.165) is 5.56 Å². The van der Waals surface area contributed by atoms with Gasteiger partial charge in [-0.05, 0) is 30.0 Å². The van der Waals surface area contributed by atoms with Gasteiger partial charge in [0.05, 0.1) is 10.9 Å². The summed E-state index contributed by atoms with van der Waals surface area (Å²) in [5, 5.41) is 0.573. The van der Waals surface area contributed by atoms with Crippen LogP contribution in [-0.2, 0) is 12.0 Å². The number of rotatable bonds is 1. The molecule has 2 rings (SSSR count). The summed E-state index contributed by atoms with van der Waals surface area (Å²) in [6, 6.07) is 5.63. The van der Waals surface area contributed by atoms with Crippen molar-refractivity contribution in [1.29, 1.82) is 0 Å². The second kappa shape index (κ2) is 4.12. The van der Waals surface area contributed by atoms with Gasteiger partial charge in [-0.3, -0.25) is 9.36 Å². The lowest BCUT2D eigenvalue weighted by atomic mass is 9.86. The molecule has 0 radical (unpaired) electrons. The molecule has 0 amide bonds. The Bertz CT molecular complexity index is 702. The molecule has 2 aromatic rings. The standard InChI is InChI=1S/C14H18N2O2/c1-5-16-12(17)10-8-9(14(2,3)4)6-7-11(10)15-13(16)18/h6-8H,5H2,1-4H3,(H,15,18). The van der Waals surface area contributed by atoms with E-state index in [0.29, 0.717) is 17.4 Å². The first kappa shape index (κ1) is 12.6. The maximum Gasteiger partial charge on any atom is 0.328 e.